The third kappa shape index (κ3) is 4.62. The van der Waals surface area contributed by atoms with Crippen molar-refractivity contribution in [1.29, 1.82) is 0 Å². The van der Waals surface area contributed by atoms with Gasteiger partial charge in [0, 0.05) is 31.1 Å². The number of para-hydroxylation sites is 1. The van der Waals surface area contributed by atoms with Crippen molar-refractivity contribution in [3.05, 3.63) is 36.5 Å². The largest absolute Gasteiger partial charge is 0.491 e. The van der Waals surface area contributed by atoms with Gasteiger partial charge in [0.15, 0.2) is 0 Å². The highest BCUT2D eigenvalue weighted by atomic mass is 16.5. The zero-order chi connectivity index (χ0) is 21.7. The topological polar surface area (TPSA) is 101 Å². The van der Waals surface area contributed by atoms with Crippen LogP contribution in [0.15, 0.2) is 36.5 Å². The molecule has 31 heavy (non-hydrogen) atoms. The lowest BCUT2D eigenvalue weighted by molar-refractivity contribution is -0.132. The lowest BCUT2D eigenvalue weighted by atomic mass is 9.82. The first kappa shape index (κ1) is 21.1. The summed E-state index contributed by atoms with van der Waals surface area (Å²) in [5, 5.41) is 6.71. The molecular formula is C23H28N4O4. The Bertz CT molecular complexity index is 966. The molecule has 1 aliphatic heterocycles. The van der Waals surface area contributed by atoms with E-state index in [0.29, 0.717) is 32.4 Å². The summed E-state index contributed by atoms with van der Waals surface area (Å²) in [7, 11) is 0. The molecule has 1 aliphatic carbocycles. The van der Waals surface area contributed by atoms with E-state index < -0.39 is 5.54 Å². The molecule has 1 saturated heterocycles. The molecule has 1 aromatic heterocycles. The number of urea groups is 1. The lowest BCUT2D eigenvalue weighted by Crippen LogP contribution is -2.48. The normalized spacial score (nSPS) is 17.7. The zero-order valence-corrected chi connectivity index (χ0v) is 17.6. The number of rotatable bonds is 8. The SMILES string of the molecule is O=C(CCN1C(=O)NC2(CCCCC2)C1=O)NCCCOc1cccc2cccnc12. The Balaban J connectivity index is 1.17. The number of hydrogen-bond acceptors (Lipinski definition) is 5. The van der Waals surface area contributed by atoms with Crippen LogP contribution in [0.1, 0.15) is 44.9 Å². The van der Waals surface area contributed by atoms with Crippen LogP contribution in [0.25, 0.3) is 10.9 Å². The van der Waals surface area contributed by atoms with Crippen LogP contribution in [0.2, 0.25) is 0 Å². The summed E-state index contributed by atoms with van der Waals surface area (Å²) >= 11 is 0. The number of nitrogens with zero attached hydrogens (tertiary/aromatic N) is 2. The minimum absolute atomic E-state index is 0.101. The second-order valence-corrected chi connectivity index (χ2v) is 8.16. The minimum Gasteiger partial charge on any atom is -0.491 e. The van der Waals surface area contributed by atoms with Gasteiger partial charge in [-0.3, -0.25) is 19.5 Å². The summed E-state index contributed by atoms with van der Waals surface area (Å²) in [6.07, 6.45) is 6.82. The molecule has 0 radical (unpaired) electrons. The summed E-state index contributed by atoms with van der Waals surface area (Å²) in [5.74, 6) is 0.360. The average molecular weight is 425 g/mol. The molecule has 2 aliphatic rings. The van der Waals surface area contributed by atoms with Crippen molar-refractivity contribution in [1.82, 2.24) is 20.5 Å². The molecule has 0 unspecified atom stereocenters. The summed E-state index contributed by atoms with van der Waals surface area (Å²) in [4.78, 5) is 42.7. The highest BCUT2D eigenvalue weighted by molar-refractivity contribution is 6.07. The predicted octanol–water partition coefficient (Wildman–Crippen LogP) is 2.76. The Labute approximate surface area is 181 Å². The van der Waals surface area contributed by atoms with E-state index in [2.05, 4.69) is 15.6 Å². The number of carbonyl (C=O) groups is 3. The Morgan fingerprint density at radius 2 is 1.97 bits per heavy atom. The third-order valence-electron chi connectivity index (χ3n) is 6.01. The zero-order valence-electron chi connectivity index (χ0n) is 17.6. The maximum atomic E-state index is 12.7. The van der Waals surface area contributed by atoms with Crippen LogP contribution in [-0.4, -0.2) is 53.0 Å². The molecule has 2 N–H and O–H groups in total. The van der Waals surface area contributed by atoms with Crippen LogP contribution in [0.4, 0.5) is 4.79 Å². The van der Waals surface area contributed by atoms with Crippen molar-refractivity contribution in [2.24, 2.45) is 0 Å². The van der Waals surface area contributed by atoms with E-state index in [4.69, 9.17) is 4.74 Å². The van der Waals surface area contributed by atoms with Gasteiger partial charge in [-0.25, -0.2) is 4.79 Å². The smallest absolute Gasteiger partial charge is 0.325 e. The van der Waals surface area contributed by atoms with E-state index in [1.54, 1.807) is 6.20 Å². The van der Waals surface area contributed by atoms with E-state index >= 15 is 0 Å². The van der Waals surface area contributed by atoms with Crippen LogP contribution in [0.3, 0.4) is 0 Å². The fourth-order valence-corrected chi connectivity index (χ4v) is 4.35. The molecule has 4 amide bonds. The number of carbonyl (C=O) groups excluding carboxylic acids is 3. The van der Waals surface area contributed by atoms with Crippen molar-refractivity contribution >= 4 is 28.7 Å². The van der Waals surface area contributed by atoms with Gasteiger partial charge in [0.25, 0.3) is 5.91 Å². The number of benzene rings is 1. The van der Waals surface area contributed by atoms with Crippen LogP contribution in [-0.2, 0) is 9.59 Å². The van der Waals surface area contributed by atoms with Crippen molar-refractivity contribution in [2.45, 2.75) is 50.5 Å². The van der Waals surface area contributed by atoms with Crippen molar-refractivity contribution in [2.75, 3.05) is 19.7 Å². The molecule has 2 aromatic rings. The monoisotopic (exact) mass is 424 g/mol. The second kappa shape index (κ2) is 9.32. The summed E-state index contributed by atoms with van der Waals surface area (Å²) in [6, 6.07) is 9.28. The van der Waals surface area contributed by atoms with E-state index in [9.17, 15) is 14.4 Å². The van der Waals surface area contributed by atoms with Crippen molar-refractivity contribution in [3.63, 3.8) is 0 Å². The van der Waals surface area contributed by atoms with Gasteiger partial charge in [0.1, 0.15) is 16.8 Å². The van der Waals surface area contributed by atoms with Crippen LogP contribution in [0.5, 0.6) is 5.75 Å². The standard InChI is InChI=1S/C23H28N4O4/c28-19(10-15-27-21(29)23(26-22(27)30)11-2-1-3-12-23)24-14-6-16-31-18-9-4-7-17-8-5-13-25-20(17)18/h4-5,7-9,13H,1-3,6,10-12,14-16H2,(H,24,28)(H,26,30). The van der Waals surface area contributed by atoms with Crippen LogP contribution in [0, 0.1) is 0 Å². The third-order valence-corrected chi connectivity index (χ3v) is 6.01. The maximum absolute atomic E-state index is 12.7. The lowest BCUT2D eigenvalue weighted by Gasteiger charge is -2.30. The first-order chi connectivity index (χ1) is 15.1. The van der Waals surface area contributed by atoms with E-state index in [1.807, 2.05) is 30.3 Å². The maximum Gasteiger partial charge on any atom is 0.325 e. The highest BCUT2D eigenvalue weighted by Gasteiger charge is 2.50. The molecule has 1 spiro atoms. The predicted molar refractivity (Wildman–Crippen MR) is 116 cm³/mol. The van der Waals surface area contributed by atoms with Gasteiger partial charge < -0.3 is 15.4 Å². The number of hydrogen-bond donors (Lipinski definition) is 2. The van der Waals surface area contributed by atoms with Crippen LogP contribution >= 0.6 is 0 Å². The number of amides is 4. The fraction of sp³-hybridized carbons (Fsp3) is 0.478. The van der Waals surface area contributed by atoms with Gasteiger partial charge in [-0.05, 0) is 31.4 Å². The number of fused-ring (bicyclic) bond motifs is 1. The molecular weight excluding hydrogens is 396 g/mol. The van der Waals surface area contributed by atoms with E-state index in [-0.39, 0.29) is 30.8 Å². The van der Waals surface area contributed by atoms with E-state index in [0.717, 1.165) is 35.9 Å². The molecule has 8 nitrogen and oxygen atoms in total. The highest BCUT2D eigenvalue weighted by Crippen LogP contribution is 2.33. The Kier molecular flexibility index (Phi) is 6.34. The average Bonchev–Trinajstić information content (AvgIpc) is 3.01. The molecule has 2 fully saturated rings. The van der Waals surface area contributed by atoms with Gasteiger partial charge in [0.2, 0.25) is 5.91 Å². The molecule has 0 bridgehead atoms. The quantitative estimate of drug-likeness (QED) is 0.501. The number of nitrogens with one attached hydrogen (secondary N) is 2. The molecule has 164 valence electrons. The Hall–Kier alpha value is -3.16. The van der Waals surface area contributed by atoms with Gasteiger partial charge >= 0.3 is 6.03 Å². The molecule has 1 aromatic carbocycles. The number of aromatic nitrogens is 1. The number of ether oxygens (including phenoxy) is 1. The fourth-order valence-electron chi connectivity index (χ4n) is 4.35. The first-order valence-corrected chi connectivity index (χ1v) is 11.0. The molecule has 8 heteroatoms. The van der Waals surface area contributed by atoms with E-state index in [1.165, 1.54) is 4.90 Å². The van der Waals surface area contributed by atoms with Crippen molar-refractivity contribution in [3.8, 4) is 5.75 Å². The molecule has 1 saturated carbocycles. The minimum atomic E-state index is -0.736. The van der Waals surface area contributed by atoms with Crippen LogP contribution < -0.4 is 15.4 Å². The summed E-state index contributed by atoms with van der Waals surface area (Å²) in [5.41, 5.74) is 0.0814. The number of pyridine rings is 1. The molecule has 0 atom stereocenters. The summed E-state index contributed by atoms with van der Waals surface area (Å²) < 4.78 is 5.81. The van der Waals surface area contributed by atoms with Gasteiger partial charge in [-0.15, -0.1) is 0 Å². The van der Waals surface area contributed by atoms with Gasteiger partial charge in [-0.2, -0.15) is 0 Å². The second-order valence-electron chi connectivity index (χ2n) is 8.16. The molecule has 2 heterocycles. The number of imide groups is 1. The van der Waals surface area contributed by atoms with Crippen molar-refractivity contribution < 1.29 is 19.1 Å². The van der Waals surface area contributed by atoms with Gasteiger partial charge in [0.05, 0.1) is 6.61 Å². The first-order valence-electron chi connectivity index (χ1n) is 11.0. The molecule has 4 rings (SSSR count). The summed E-state index contributed by atoms with van der Waals surface area (Å²) in [6.45, 7) is 1.02. The Morgan fingerprint density at radius 3 is 2.81 bits per heavy atom. The van der Waals surface area contributed by atoms with Gasteiger partial charge in [-0.1, -0.05) is 37.5 Å². The Morgan fingerprint density at radius 1 is 1.16 bits per heavy atom.